The number of nitrogens with two attached hydrogens (primary N) is 1. The predicted octanol–water partition coefficient (Wildman–Crippen LogP) is 3.40. The van der Waals surface area contributed by atoms with Gasteiger partial charge in [0.15, 0.2) is 0 Å². The maximum Gasteiger partial charge on any atom is 0.248 e. The first-order valence-corrected chi connectivity index (χ1v) is 5.89. The van der Waals surface area contributed by atoms with Crippen LogP contribution in [0, 0.1) is 20.8 Å². The van der Waals surface area contributed by atoms with Gasteiger partial charge in [-0.2, -0.15) is 0 Å². The van der Waals surface area contributed by atoms with Crippen molar-refractivity contribution in [2.75, 3.05) is 0 Å². The Bertz CT molecular complexity index is 511. The molecule has 0 saturated carbocycles. The molecule has 0 atom stereocenters. The smallest absolute Gasteiger partial charge is 0.248 e. The lowest BCUT2D eigenvalue weighted by molar-refractivity contribution is 0.1000. The Labute approximate surface area is 108 Å². The van der Waals surface area contributed by atoms with Gasteiger partial charge in [0, 0.05) is 5.56 Å². The van der Waals surface area contributed by atoms with Gasteiger partial charge in [-0.05, 0) is 44.0 Å². The summed E-state index contributed by atoms with van der Waals surface area (Å²) in [5.41, 5.74) is 9.40. The van der Waals surface area contributed by atoms with Crippen LogP contribution in [0.4, 0.5) is 0 Å². The van der Waals surface area contributed by atoms with Crippen LogP contribution >= 0.6 is 0 Å². The summed E-state index contributed by atoms with van der Waals surface area (Å²) in [6, 6.07) is 15.6. The van der Waals surface area contributed by atoms with Crippen molar-refractivity contribution >= 4 is 5.91 Å². The molecule has 0 aromatic heterocycles. The number of carbonyl (C=O) groups is 1. The molecular weight excluding hydrogens is 222 g/mol. The number of primary amides is 1. The van der Waals surface area contributed by atoms with E-state index in [1.165, 1.54) is 11.1 Å². The van der Waals surface area contributed by atoms with E-state index in [2.05, 4.69) is 38.1 Å². The van der Waals surface area contributed by atoms with E-state index in [1.807, 2.05) is 19.1 Å². The summed E-state index contributed by atoms with van der Waals surface area (Å²) in [6.45, 7) is 6.16. The number of rotatable bonds is 1. The average Bonchev–Trinajstić information content (AvgIpc) is 2.34. The lowest BCUT2D eigenvalue weighted by Gasteiger charge is -1.94. The van der Waals surface area contributed by atoms with E-state index >= 15 is 0 Å². The van der Waals surface area contributed by atoms with Gasteiger partial charge in [-0.1, -0.05) is 42.0 Å². The van der Waals surface area contributed by atoms with Gasteiger partial charge >= 0.3 is 0 Å². The van der Waals surface area contributed by atoms with Crippen LogP contribution in [-0.4, -0.2) is 5.91 Å². The molecule has 0 aliphatic rings. The topological polar surface area (TPSA) is 43.1 Å². The van der Waals surface area contributed by atoms with E-state index < -0.39 is 0 Å². The van der Waals surface area contributed by atoms with Gasteiger partial charge in [0.25, 0.3) is 0 Å². The predicted molar refractivity (Wildman–Crippen MR) is 75.6 cm³/mol. The maximum atomic E-state index is 10.6. The van der Waals surface area contributed by atoms with E-state index in [4.69, 9.17) is 5.73 Å². The van der Waals surface area contributed by atoms with Crippen LogP contribution in [0.1, 0.15) is 27.0 Å². The third kappa shape index (κ3) is 4.42. The van der Waals surface area contributed by atoms with E-state index in [0.717, 1.165) is 5.56 Å². The van der Waals surface area contributed by atoms with Crippen LogP contribution in [0.25, 0.3) is 0 Å². The standard InChI is InChI=1S/C8H9NO.C8H10/c1-6-3-2-4-7(5-6)8(9)10;1-7-5-3-4-6-8(7)2/h2-5H,1H3,(H2,9,10);3-6H,1-2H3. The average molecular weight is 241 g/mol. The summed E-state index contributed by atoms with van der Waals surface area (Å²) in [5.74, 6) is -0.372. The molecular formula is C16H19NO. The fraction of sp³-hybridized carbons (Fsp3) is 0.188. The van der Waals surface area contributed by atoms with Gasteiger partial charge in [0.05, 0.1) is 0 Å². The molecule has 0 saturated heterocycles. The van der Waals surface area contributed by atoms with Crippen LogP contribution in [0.3, 0.4) is 0 Å². The number of carbonyl (C=O) groups excluding carboxylic acids is 1. The molecule has 0 aliphatic heterocycles. The zero-order chi connectivity index (χ0) is 13.5. The second-order valence-corrected chi connectivity index (χ2v) is 4.32. The molecule has 94 valence electrons. The molecule has 0 spiro atoms. The molecule has 2 nitrogen and oxygen atoms in total. The van der Waals surface area contributed by atoms with Crippen LogP contribution in [-0.2, 0) is 0 Å². The van der Waals surface area contributed by atoms with E-state index in [0.29, 0.717) is 5.56 Å². The van der Waals surface area contributed by atoms with Crippen molar-refractivity contribution in [1.82, 2.24) is 0 Å². The summed E-state index contributed by atoms with van der Waals surface area (Å²) in [4.78, 5) is 10.6. The van der Waals surface area contributed by atoms with Crippen molar-refractivity contribution in [2.45, 2.75) is 20.8 Å². The molecule has 2 aromatic rings. The van der Waals surface area contributed by atoms with Crippen molar-refractivity contribution in [2.24, 2.45) is 5.73 Å². The molecule has 2 heteroatoms. The highest BCUT2D eigenvalue weighted by Crippen LogP contribution is 2.03. The third-order valence-electron chi connectivity index (χ3n) is 2.73. The Morgan fingerprint density at radius 3 is 1.78 bits per heavy atom. The van der Waals surface area contributed by atoms with Crippen LogP contribution in [0.2, 0.25) is 0 Å². The van der Waals surface area contributed by atoms with Crippen molar-refractivity contribution in [1.29, 1.82) is 0 Å². The van der Waals surface area contributed by atoms with Crippen LogP contribution in [0.15, 0.2) is 48.5 Å². The summed E-state index contributed by atoms with van der Waals surface area (Å²) in [5, 5.41) is 0. The van der Waals surface area contributed by atoms with Crippen molar-refractivity contribution in [3.05, 3.63) is 70.8 Å². The van der Waals surface area contributed by atoms with Crippen molar-refractivity contribution < 1.29 is 4.79 Å². The lowest BCUT2D eigenvalue weighted by atomic mass is 10.1. The zero-order valence-corrected chi connectivity index (χ0v) is 11.1. The molecule has 0 aliphatic carbocycles. The quantitative estimate of drug-likeness (QED) is 0.817. The normalized spacial score (nSPS) is 9.28. The SMILES string of the molecule is Cc1cccc(C(N)=O)c1.Cc1ccccc1C. The molecule has 0 fully saturated rings. The first-order valence-electron chi connectivity index (χ1n) is 5.89. The minimum atomic E-state index is -0.372. The van der Waals surface area contributed by atoms with Crippen LogP contribution < -0.4 is 5.73 Å². The molecule has 0 radical (unpaired) electrons. The number of hydrogen-bond acceptors (Lipinski definition) is 1. The fourth-order valence-electron chi connectivity index (χ4n) is 1.46. The molecule has 2 N–H and O–H groups in total. The second kappa shape index (κ2) is 6.60. The Balaban J connectivity index is 0.000000184. The third-order valence-corrected chi connectivity index (χ3v) is 2.73. The Morgan fingerprint density at radius 2 is 1.44 bits per heavy atom. The summed E-state index contributed by atoms with van der Waals surface area (Å²) in [7, 11) is 0. The molecule has 2 aromatic carbocycles. The number of amides is 1. The maximum absolute atomic E-state index is 10.6. The van der Waals surface area contributed by atoms with Gasteiger partial charge in [0.2, 0.25) is 5.91 Å². The molecule has 18 heavy (non-hydrogen) atoms. The summed E-state index contributed by atoms with van der Waals surface area (Å²) in [6.07, 6.45) is 0. The summed E-state index contributed by atoms with van der Waals surface area (Å²) < 4.78 is 0. The Hall–Kier alpha value is -2.09. The lowest BCUT2D eigenvalue weighted by Crippen LogP contribution is -2.10. The van der Waals surface area contributed by atoms with Gasteiger partial charge in [-0.25, -0.2) is 0 Å². The highest BCUT2D eigenvalue weighted by Gasteiger charge is 1.96. The highest BCUT2D eigenvalue weighted by molar-refractivity contribution is 5.92. The Kier molecular flexibility index (Phi) is 5.12. The highest BCUT2D eigenvalue weighted by atomic mass is 16.1. The molecule has 1 amide bonds. The number of benzene rings is 2. The van der Waals surface area contributed by atoms with Gasteiger partial charge in [-0.3, -0.25) is 4.79 Å². The number of aryl methyl sites for hydroxylation is 3. The van der Waals surface area contributed by atoms with Crippen molar-refractivity contribution in [3.8, 4) is 0 Å². The minimum absolute atomic E-state index is 0.372. The van der Waals surface area contributed by atoms with Crippen molar-refractivity contribution in [3.63, 3.8) is 0 Å². The van der Waals surface area contributed by atoms with E-state index in [-0.39, 0.29) is 5.91 Å². The number of hydrogen-bond donors (Lipinski definition) is 1. The Morgan fingerprint density at radius 1 is 0.889 bits per heavy atom. The molecule has 0 unspecified atom stereocenters. The monoisotopic (exact) mass is 241 g/mol. The molecule has 2 rings (SSSR count). The summed E-state index contributed by atoms with van der Waals surface area (Å²) >= 11 is 0. The molecule has 0 bridgehead atoms. The second-order valence-electron chi connectivity index (χ2n) is 4.32. The van der Waals surface area contributed by atoms with E-state index in [9.17, 15) is 4.79 Å². The van der Waals surface area contributed by atoms with Gasteiger partial charge in [0.1, 0.15) is 0 Å². The fourth-order valence-corrected chi connectivity index (χ4v) is 1.46. The van der Waals surface area contributed by atoms with Gasteiger partial charge < -0.3 is 5.73 Å². The van der Waals surface area contributed by atoms with E-state index in [1.54, 1.807) is 12.1 Å². The first kappa shape index (κ1) is 14.0. The molecule has 0 heterocycles. The van der Waals surface area contributed by atoms with Crippen LogP contribution in [0.5, 0.6) is 0 Å². The first-order chi connectivity index (χ1) is 8.50. The zero-order valence-electron chi connectivity index (χ0n) is 11.1. The minimum Gasteiger partial charge on any atom is -0.366 e. The largest absolute Gasteiger partial charge is 0.366 e. The van der Waals surface area contributed by atoms with Gasteiger partial charge in [-0.15, -0.1) is 0 Å².